The number of hydrogen-bond donors (Lipinski definition) is 0. The average Bonchev–Trinajstić information content (AvgIpc) is 3.03. The van der Waals surface area contributed by atoms with Gasteiger partial charge in [0.15, 0.2) is 5.78 Å². The third kappa shape index (κ3) is 3.90. The van der Waals surface area contributed by atoms with Crippen LogP contribution in [0.4, 0.5) is 0 Å². The van der Waals surface area contributed by atoms with E-state index in [0.717, 1.165) is 0 Å². The number of carbonyl (C=O) groups is 3. The first-order valence-corrected chi connectivity index (χ1v) is 8.84. The van der Waals surface area contributed by atoms with E-state index >= 15 is 0 Å². The van der Waals surface area contributed by atoms with E-state index < -0.39 is 0 Å². The van der Waals surface area contributed by atoms with Gasteiger partial charge >= 0.3 is 0 Å². The number of ketones is 1. The maximum absolute atomic E-state index is 12.9. The summed E-state index contributed by atoms with van der Waals surface area (Å²) in [6.45, 7) is 4.33. The first-order chi connectivity index (χ1) is 12.1. The van der Waals surface area contributed by atoms with Gasteiger partial charge in [-0.2, -0.15) is 0 Å². The van der Waals surface area contributed by atoms with E-state index in [1.807, 2.05) is 25.1 Å². The third-order valence-electron chi connectivity index (χ3n) is 4.97. The van der Waals surface area contributed by atoms with Crippen LogP contribution in [0.1, 0.15) is 30.1 Å². The van der Waals surface area contributed by atoms with Crippen LogP contribution in [0.15, 0.2) is 30.3 Å². The SMILES string of the molecule is CCN1C[C@@H](C(=O)N2CCOC[C@@H]2CC(=O)c2ccccc2)CC1=O. The van der Waals surface area contributed by atoms with Gasteiger partial charge in [-0.1, -0.05) is 30.3 Å². The predicted octanol–water partition coefficient (Wildman–Crippen LogP) is 1.36. The van der Waals surface area contributed by atoms with Gasteiger partial charge in [0.05, 0.1) is 25.2 Å². The zero-order valence-electron chi connectivity index (χ0n) is 14.5. The van der Waals surface area contributed by atoms with E-state index in [4.69, 9.17) is 4.74 Å². The molecule has 2 amide bonds. The zero-order valence-corrected chi connectivity index (χ0v) is 14.5. The number of hydrogen-bond acceptors (Lipinski definition) is 4. The van der Waals surface area contributed by atoms with E-state index in [0.29, 0.717) is 38.4 Å². The molecule has 0 spiro atoms. The summed E-state index contributed by atoms with van der Waals surface area (Å²) < 4.78 is 5.50. The van der Waals surface area contributed by atoms with Crippen molar-refractivity contribution in [1.82, 2.24) is 9.80 Å². The van der Waals surface area contributed by atoms with Crippen molar-refractivity contribution in [2.24, 2.45) is 5.92 Å². The van der Waals surface area contributed by atoms with Gasteiger partial charge in [-0.15, -0.1) is 0 Å². The van der Waals surface area contributed by atoms with Gasteiger partial charge in [-0.05, 0) is 6.92 Å². The van der Waals surface area contributed by atoms with Crippen molar-refractivity contribution in [3.05, 3.63) is 35.9 Å². The Labute approximate surface area is 147 Å². The Hall–Kier alpha value is -2.21. The molecule has 134 valence electrons. The van der Waals surface area contributed by atoms with Gasteiger partial charge < -0.3 is 14.5 Å². The van der Waals surface area contributed by atoms with Gasteiger partial charge in [0.25, 0.3) is 0 Å². The number of ether oxygens (including phenoxy) is 1. The van der Waals surface area contributed by atoms with Crippen molar-refractivity contribution in [1.29, 1.82) is 0 Å². The molecule has 6 nitrogen and oxygen atoms in total. The van der Waals surface area contributed by atoms with Gasteiger partial charge in [-0.3, -0.25) is 14.4 Å². The Morgan fingerprint density at radius 1 is 1.24 bits per heavy atom. The Bertz CT molecular complexity index is 646. The Kier molecular flexibility index (Phi) is 5.48. The fourth-order valence-corrected chi connectivity index (χ4v) is 3.55. The molecule has 3 rings (SSSR count). The largest absolute Gasteiger partial charge is 0.377 e. The van der Waals surface area contributed by atoms with E-state index in [-0.39, 0.29) is 42.4 Å². The maximum atomic E-state index is 12.9. The summed E-state index contributed by atoms with van der Waals surface area (Å²) in [6.07, 6.45) is 0.511. The molecule has 2 saturated heterocycles. The highest BCUT2D eigenvalue weighted by Gasteiger charge is 2.39. The summed E-state index contributed by atoms with van der Waals surface area (Å²) in [6, 6.07) is 8.83. The Morgan fingerprint density at radius 3 is 2.68 bits per heavy atom. The summed E-state index contributed by atoms with van der Waals surface area (Å²) in [5.74, 6) is -0.295. The minimum Gasteiger partial charge on any atom is -0.377 e. The number of Topliss-reactive ketones (excluding diaryl/α,β-unsaturated/α-hetero) is 1. The second kappa shape index (κ2) is 7.78. The fourth-order valence-electron chi connectivity index (χ4n) is 3.55. The highest BCUT2D eigenvalue weighted by Crippen LogP contribution is 2.23. The molecule has 2 atom stereocenters. The highest BCUT2D eigenvalue weighted by atomic mass is 16.5. The molecule has 0 aromatic heterocycles. The van der Waals surface area contributed by atoms with E-state index in [1.54, 1.807) is 21.9 Å². The van der Waals surface area contributed by atoms with Crippen LogP contribution in [0.5, 0.6) is 0 Å². The topological polar surface area (TPSA) is 66.9 Å². The summed E-state index contributed by atoms with van der Waals surface area (Å²) in [4.78, 5) is 40.8. The molecule has 6 heteroatoms. The molecule has 25 heavy (non-hydrogen) atoms. The van der Waals surface area contributed by atoms with Crippen molar-refractivity contribution < 1.29 is 19.1 Å². The molecule has 2 aliphatic rings. The minimum absolute atomic E-state index is 0.00610. The minimum atomic E-state index is -0.306. The third-order valence-corrected chi connectivity index (χ3v) is 4.97. The van der Waals surface area contributed by atoms with Crippen LogP contribution < -0.4 is 0 Å². The number of likely N-dealkylation sites (tertiary alicyclic amines) is 1. The quantitative estimate of drug-likeness (QED) is 0.757. The summed E-state index contributed by atoms with van der Waals surface area (Å²) in [7, 11) is 0. The fraction of sp³-hybridized carbons (Fsp3) is 0.526. The lowest BCUT2D eigenvalue weighted by molar-refractivity contribution is -0.144. The molecular formula is C19H24N2O4. The number of rotatable bonds is 5. The molecule has 0 radical (unpaired) electrons. The number of nitrogens with zero attached hydrogens (tertiary/aromatic N) is 2. The number of benzene rings is 1. The lowest BCUT2D eigenvalue weighted by atomic mass is 10.00. The van der Waals surface area contributed by atoms with Crippen LogP contribution in [0, 0.1) is 5.92 Å². The van der Waals surface area contributed by atoms with Crippen LogP contribution >= 0.6 is 0 Å². The normalized spacial score (nSPS) is 23.8. The smallest absolute Gasteiger partial charge is 0.228 e. The van der Waals surface area contributed by atoms with Crippen molar-refractivity contribution in [3.63, 3.8) is 0 Å². The van der Waals surface area contributed by atoms with Crippen molar-refractivity contribution in [2.75, 3.05) is 32.8 Å². The van der Waals surface area contributed by atoms with Crippen LogP contribution in [0.2, 0.25) is 0 Å². The van der Waals surface area contributed by atoms with Gasteiger partial charge in [0.1, 0.15) is 0 Å². The van der Waals surface area contributed by atoms with Crippen LogP contribution in [0.3, 0.4) is 0 Å². The molecular weight excluding hydrogens is 320 g/mol. The molecule has 1 aromatic carbocycles. The Balaban J connectivity index is 1.67. The molecule has 0 saturated carbocycles. The first-order valence-electron chi connectivity index (χ1n) is 8.84. The van der Waals surface area contributed by atoms with Crippen molar-refractivity contribution >= 4 is 17.6 Å². The summed E-state index contributed by atoms with van der Waals surface area (Å²) in [5.41, 5.74) is 0.647. The van der Waals surface area contributed by atoms with E-state index in [9.17, 15) is 14.4 Å². The predicted molar refractivity (Wildman–Crippen MR) is 92.1 cm³/mol. The van der Waals surface area contributed by atoms with Crippen molar-refractivity contribution in [2.45, 2.75) is 25.8 Å². The average molecular weight is 344 g/mol. The maximum Gasteiger partial charge on any atom is 0.228 e. The molecule has 2 fully saturated rings. The highest BCUT2D eigenvalue weighted by molar-refractivity contribution is 5.97. The molecule has 1 aromatic rings. The molecule has 2 heterocycles. The second-order valence-electron chi connectivity index (χ2n) is 6.59. The lowest BCUT2D eigenvalue weighted by Gasteiger charge is -2.36. The number of carbonyl (C=O) groups excluding carboxylic acids is 3. The monoisotopic (exact) mass is 344 g/mol. The Morgan fingerprint density at radius 2 is 2.00 bits per heavy atom. The van der Waals surface area contributed by atoms with Crippen molar-refractivity contribution in [3.8, 4) is 0 Å². The van der Waals surface area contributed by atoms with E-state index in [1.165, 1.54) is 0 Å². The number of amides is 2. The lowest BCUT2D eigenvalue weighted by Crippen LogP contribution is -2.51. The molecule has 2 aliphatic heterocycles. The van der Waals surface area contributed by atoms with Crippen LogP contribution in [0.25, 0.3) is 0 Å². The molecule has 0 aliphatic carbocycles. The van der Waals surface area contributed by atoms with Gasteiger partial charge in [0.2, 0.25) is 11.8 Å². The molecule has 0 N–H and O–H groups in total. The van der Waals surface area contributed by atoms with E-state index in [2.05, 4.69) is 0 Å². The van der Waals surface area contributed by atoms with Crippen LogP contribution in [-0.4, -0.2) is 66.3 Å². The second-order valence-corrected chi connectivity index (χ2v) is 6.59. The van der Waals surface area contributed by atoms with Gasteiger partial charge in [-0.25, -0.2) is 0 Å². The molecule has 0 unspecified atom stereocenters. The summed E-state index contributed by atoms with van der Waals surface area (Å²) in [5, 5.41) is 0. The van der Waals surface area contributed by atoms with Gasteiger partial charge in [0, 0.05) is 38.0 Å². The van der Waals surface area contributed by atoms with Crippen LogP contribution in [-0.2, 0) is 14.3 Å². The molecule has 0 bridgehead atoms. The zero-order chi connectivity index (χ0) is 17.8. The first kappa shape index (κ1) is 17.6. The standard InChI is InChI=1S/C19H24N2O4/c1-2-20-12-15(10-18(20)23)19(24)21-8-9-25-13-16(21)11-17(22)14-6-4-3-5-7-14/h3-7,15-16H,2,8-13H2,1H3/t15-,16-/m0/s1. The summed E-state index contributed by atoms with van der Waals surface area (Å²) >= 11 is 0. The number of morpholine rings is 1.